The number of aliphatic hydroxyl groups is 1. The van der Waals surface area contributed by atoms with Crippen molar-refractivity contribution in [3.05, 3.63) is 11.8 Å². The van der Waals surface area contributed by atoms with E-state index in [2.05, 4.69) is 20.4 Å². The molecule has 0 bridgehead atoms. The second-order valence-electron chi connectivity index (χ2n) is 6.07. The summed E-state index contributed by atoms with van der Waals surface area (Å²) in [5, 5.41) is 19.4. The van der Waals surface area contributed by atoms with E-state index in [9.17, 15) is 19.5 Å². The second-order valence-corrected chi connectivity index (χ2v) is 6.07. The number of rotatable bonds is 8. The predicted octanol–water partition coefficient (Wildman–Crippen LogP) is -1.08. The van der Waals surface area contributed by atoms with Crippen molar-refractivity contribution in [1.29, 1.82) is 0 Å². The quantitative estimate of drug-likeness (QED) is 0.354. The number of amides is 3. The fourth-order valence-corrected chi connectivity index (χ4v) is 1.96. The van der Waals surface area contributed by atoms with E-state index in [0.29, 0.717) is 0 Å². The van der Waals surface area contributed by atoms with Crippen molar-refractivity contribution in [2.45, 2.75) is 50.8 Å². The molecule has 7 N–H and O–H groups in total. The first-order valence-corrected chi connectivity index (χ1v) is 8.10. The molecule has 1 aliphatic carbocycles. The Balaban J connectivity index is 1.99. The first-order valence-electron chi connectivity index (χ1n) is 8.10. The Labute approximate surface area is 148 Å². The van der Waals surface area contributed by atoms with Gasteiger partial charge in [0, 0.05) is 6.42 Å². The van der Waals surface area contributed by atoms with Crippen LogP contribution in [-0.2, 0) is 14.4 Å². The molecule has 1 aliphatic rings. The van der Waals surface area contributed by atoms with E-state index in [1.165, 1.54) is 6.92 Å². The van der Waals surface area contributed by atoms with Gasteiger partial charge in [0.05, 0.1) is 12.0 Å². The number of aliphatic hydroxyl groups excluding tert-OH is 1. The normalized spacial score (nSPS) is 17.0. The molecule has 12 heteroatoms. The number of hydroxylamine groups is 1. The molecular formula is C14H22N6O6. The molecule has 0 saturated heterocycles. The highest BCUT2D eigenvalue weighted by Gasteiger charge is 2.32. The average Bonchev–Trinajstić information content (AvgIpc) is 3.33. The maximum Gasteiger partial charge on any atom is 0.348 e. The molecule has 1 aromatic rings. The SMILES string of the molecule is C[C@@H](O)[C@H](N)c1nnc([C@H](CCC(N)=O)NC(=O)NOC(=O)C2CC2)o1. The lowest BCUT2D eigenvalue weighted by molar-refractivity contribution is -0.150. The zero-order valence-corrected chi connectivity index (χ0v) is 14.2. The third kappa shape index (κ3) is 5.67. The minimum absolute atomic E-state index is 0.0264. The number of nitrogens with one attached hydrogen (secondary N) is 2. The van der Waals surface area contributed by atoms with Crippen LogP contribution in [0.15, 0.2) is 4.42 Å². The molecule has 2 rings (SSSR count). The van der Waals surface area contributed by atoms with Crippen LogP contribution < -0.4 is 22.3 Å². The van der Waals surface area contributed by atoms with E-state index in [4.69, 9.17) is 15.9 Å². The number of aromatic nitrogens is 2. The number of urea groups is 1. The molecule has 3 atom stereocenters. The van der Waals surface area contributed by atoms with Gasteiger partial charge in [-0.1, -0.05) is 0 Å². The molecule has 0 aliphatic heterocycles. The standard InChI is InChI=1S/C14H22N6O6/c1-6(21)10(16)12-19-18-11(25-12)8(4-5-9(15)22)17-14(24)20-26-13(23)7-2-3-7/h6-8,10,21H,2-5,16H2,1H3,(H2,15,22)(H2,17,20,24)/t6-,8+,10+/m1/s1. The van der Waals surface area contributed by atoms with Gasteiger partial charge in [-0.15, -0.1) is 10.2 Å². The Morgan fingerprint density at radius 1 is 1.35 bits per heavy atom. The second kappa shape index (κ2) is 8.58. The summed E-state index contributed by atoms with van der Waals surface area (Å²) in [6.07, 6.45) is 0.554. The lowest BCUT2D eigenvalue weighted by Crippen LogP contribution is -2.39. The van der Waals surface area contributed by atoms with E-state index >= 15 is 0 Å². The molecule has 1 aromatic heterocycles. The molecule has 12 nitrogen and oxygen atoms in total. The highest BCUT2D eigenvalue weighted by molar-refractivity contribution is 5.79. The molecule has 0 aromatic carbocycles. The van der Waals surface area contributed by atoms with Gasteiger partial charge in [-0.2, -0.15) is 5.48 Å². The summed E-state index contributed by atoms with van der Waals surface area (Å²) >= 11 is 0. The van der Waals surface area contributed by atoms with E-state index < -0.39 is 36.1 Å². The van der Waals surface area contributed by atoms with Gasteiger partial charge >= 0.3 is 12.0 Å². The monoisotopic (exact) mass is 370 g/mol. The van der Waals surface area contributed by atoms with E-state index in [-0.39, 0.29) is 30.5 Å². The van der Waals surface area contributed by atoms with Crippen LogP contribution in [0.4, 0.5) is 4.79 Å². The van der Waals surface area contributed by atoms with Crippen molar-refractivity contribution in [2.75, 3.05) is 0 Å². The van der Waals surface area contributed by atoms with Gasteiger partial charge in [-0.25, -0.2) is 9.59 Å². The van der Waals surface area contributed by atoms with Crippen molar-refractivity contribution in [1.82, 2.24) is 21.0 Å². The van der Waals surface area contributed by atoms with Crippen molar-refractivity contribution in [2.24, 2.45) is 17.4 Å². The van der Waals surface area contributed by atoms with E-state index in [1.807, 2.05) is 5.48 Å². The van der Waals surface area contributed by atoms with Crippen LogP contribution in [0, 0.1) is 5.92 Å². The number of nitrogens with two attached hydrogens (primary N) is 2. The molecule has 26 heavy (non-hydrogen) atoms. The van der Waals surface area contributed by atoms with Gasteiger partial charge < -0.3 is 31.1 Å². The predicted molar refractivity (Wildman–Crippen MR) is 84.6 cm³/mol. The van der Waals surface area contributed by atoms with Crippen LogP contribution in [0.2, 0.25) is 0 Å². The zero-order valence-electron chi connectivity index (χ0n) is 14.2. The Morgan fingerprint density at radius 3 is 2.58 bits per heavy atom. The highest BCUT2D eigenvalue weighted by atomic mass is 16.7. The first-order chi connectivity index (χ1) is 12.3. The largest absolute Gasteiger partial charge is 0.421 e. The molecular weight excluding hydrogens is 348 g/mol. The molecule has 3 amide bonds. The van der Waals surface area contributed by atoms with Crippen LogP contribution >= 0.6 is 0 Å². The number of carbonyl (C=O) groups is 3. The molecule has 144 valence electrons. The van der Waals surface area contributed by atoms with Gasteiger partial charge in [0.15, 0.2) is 0 Å². The fraction of sp³-hybridized carbons (Fsp3) is 0.643. The van der Waals surface area contributed by atoms with Crippen molar-refractivity contribution in [3.63, 3.8) is 0 Å². The Kier molecular flexibility index (Phi) is 6.46. The Bertz CT molecular complexity index is 658. The topological polar surface area (TPSA) is 196 Å². The minimum atomic E-state index is -0.925. The summed E-state index contributed by atoms with van der Waals surface area (Å²) in [6, 6.07) is -2.60. The van der Waals surface area contributed by atoms with Crippen molar-refractivity contribution in [3.8, 4) is 0 Å². The Morgan fingerprint density at radius 2 is 2.00 bits per heavy atom. The molecule has 1 saturated carbocycles. The summed E-state index contributed by atoms with van der Waals surface area (Å²) in [6.45, 7) is 1.46. The van der Waals surface area contributed by atoms with Crippen LogP contribution in [0.5, 0.6) is 0 Å². The van der Waals surface area contributed by atoms with Gasteiger partial charge in [0.1, 0.15) is 12.1 Å². The van der Waals surface area contributed by atoms with E-state index in [1.54, 1.807) is 0 Å². The van der Waals surface area contributed by atoms with Gasteiger partial charge in [0.2, 0.25) is 17.7 Å². The third-order valence-electron chi connectivity index (χ3n) is 3.70. The number of nitrogens with zero attached hydrogens (tertiary/aromatic N) is 2. The summed E-state index contributed by atoms with van der Waals surface area (Å²) in [4.78, 5) is 39.0. The van der Waals surface area contributed by atoms with Crippen molar-refractivity contribution >= 4 is 17.9 Å². The zero-order chi connectivity index (χ0) is 19.3. The first kappa shape index (κ1) is 19.6. The van der Waals surface area contributed by atoms with Crippen LogP contribution in [0.3, 0.4) is 0 Å². The van der Waals surface area contributed by atoms with Crippen molar-refractivity contribution < 1.29 is 28.7 Å². The smallest absolute Gasteiger partial charge is 0.348 e. The average molecular weight is 370 g/mol. The summed E-state index contributed by atoms with van der Waals surface area (Å²) in [5.74, 6) is -1.33. The summed E-state index contributed by atoms with van der Waals surface area (Å²) in [7, 11) is 0. The number of hydrogen-bond donors (Lipinski definition) is 5. The number of carbonyl (C=O) groups excluding carboxylic acids is 3. The summed E-state index contributed by atoms with van der Waals surface area (Å²) < 4.78 is 5.37. The molecule has 0 radical (unpaired) electrons. The maximum absolute atomic E-state index is 11.9. The fourth-order valence-electron chi connectivity index (χ4n) is 1.96. The molecule has 1 heterocycles. The van der Waals surface area contributed by atoms with Crippen LogP contribution in [0.25, 0.3) is 0 Å². The molecule has 0 spiro atoms. The Hall–Kier alpha value is -2.73. The molecule has 0 unspecified atom stereocenters. The number of primary amides is 1. The van der Waals surface area contributed by atoms with Crippen LogP contribution in [0.1, 0.15) is 56.5 Å². The van der Waals surface area contributed by atoms with Gasteiger partial charge in [0.25, 0.3) is 0 Å². The van der Waals surface area contributed by atoms with Crippen LogP contribution in [-0.4, -0.2) is 39.3 Å². The minimum Gasteiger partial charge on any atom is -0.421 e. The third-order valence-corrected chi connectivity index (χ3v) is 3.70. The summed E-state index contributed by atoms with van der Waals surface area (Å²) in [5.41, 5.74) is 12.8. The van der Waals surface area contributed by atoms with E-state index in [0.717, 1.165) is 12.8 Å². The maximum atomic E-state index is 11.9. The lowest BCUT2D eigenvalue weighted by atomic mass is 10.1. The lowest BCUT2D eigenvalue weighted by Gasteiger charge is -2.15. The van der Waals surface area contributed by atoms with Gasteiger partial charge in [-0.05, 0) is 26.2 Å². The highest BCUT2D eigenvalue weighted by Crippen LogP contribution is 2.29. The molecule has 1 fully saturated rings. The number of hydrogen-bond acceptors (Lipinski definition) is 9. The van der Waals surface area contributed by atoms with Gasteiger partial charge in [-0.3, -0.25) is 4.79 Å².